The van der Waals surface area contributed by atoms with E-state index in [1.807, 2.05) is 23.1 Å². The van der Waals surface area contributed by atoms with Crippen LogP contribution in [0.3, 0.4) is 0 Å². The van der Waals surface area contributed by atoms with Gasteiger partial charge in [0.2, 0.25) is 0 Å². The Morgan fingerprint density at radius 1 is 1.50 bits per heavy atom. The summed E-state index contributed by atoms with van der Waals surface area (Å²) in [4.78, 5) is 2.70. The van der Waals surface area contributed by atoms with Gasteiger partial charge in [-0.3, -0.25) is 0 Å². The zero-order valence-corrected chi connectivity index (χ0v) is 11.7. The summed E-state index contributed by atoms with van der Waals surface area (Å²) in [6.45, 7) is 4.33. The van der Waals surface area contributed by atoms with Crippen molar-refractivity contribution in [3.05, 3.63) is 21.4 Å². The third-order valence-corrected chi connectivity index (χ3v) is 5.54. The molecule has 0 bridgehead atoms. The quantitative estimate of drug-likeness (QED) is 0.878. The Morgan fingerprint density at radius 3 is 3.00 bits per heavy atom. The second-order valence-electron chi connectivity index (χ2n) is 4.61. The van der Waals surface area contributed by atoms with Crippen LogP contribution >= 0.6 is 23.1 Å². The van der Waals surface area contributed by atoms with Crippen LogP contribution in [0.4, 0.5) is 0 Å². The van der Waals surface area contributed by atoms with Gasteiger partial charge in [-0.05, 0) is 36.1 Å². The van der Waals surface area contributed by atoms with Gasteiger partial charge in [-0.2, -0.15) is 11.8 Å². The summed E-state index contributed by atoms with van der Waals surface area (Å²) in [6, 6.07) is 2.24. The Balaban J connectivity index is 2.11. The molecule has 0 radical (unpaired) electrons. The van der Waals surface area contributed by atoms with Crippen LogP contribution in [-0.2, 0) is 12.2 Å². The van der Waals surface area contributed by atoms with Gasteiger partial charge in [0.05, 0.1) is 6.10 Å². The van der Waals surface area contributed by atoms with E-state index in [-0.39, 0.29) is 6.10 Å². The molecule has 90 valence electrons. The van der Waals surface area contributed by atoms with Crippen LogP contribution < -0.4 is 0 Å². The predicted molar refractivity (Wildman–Crippen MR) is 73.2 cm³/mol. The van der Waals surface area contributed by atoms with Crippen molar-refractivity contribution in [2.24, 2.45) is 5.92 Å². The molecule has 3 heteroatoms. The van der Waals surface area contributed by atoms with Crippen molar-refractivity contribution in [3.63, 3.8) is 0 Å². The first kappa shape index (κ1) is 12.5. The number of aliphatic hydroxyl groups excluding tert-OH is 1. The first-order valence-corrected chi connectivity index (χ1v) is 8.06. The molecule has 0 spiro atoms. The second kappa shape index (κ2) is 5.56. The number of hydrogen-bond donors (Lipinski definition) is 1. The Kier molecular flexibility index (Phi) is 4.34. The molecule has 16 heavy (non-hydrogen) atoms. The summed E-state index contributed by atoms with van der Waals surface area (Å²) in [6.07, 6.45) is 3.21. The van der Waals surface area contributed by atoms with Crippen molar-refractivity contribution in [2.75, 3.05) is 5.75 Å². The Hall–Kier alpha value is 0.01000. The molecule has 1 aromatic heterocycles. The predicted octanol–water partition coefficient (Wildman–Crippen LogP) is 4.01. The van der Waals surface area contributed by atoms with Crippen molar-refractivity contribution in [3.8, 4) is 0 Å². The van der Waals surface area contributed by atoms with Gasteiger partial charge >= 0.3 is 0 Å². The number of aryl methyl sites for hydroxylation is 1. The molecule has 1 nitrogen and oxygen atoms in total. The third kappa shape index (κ3) is 2.63. The first-order chi connectivity index (χ1) is 7.72. The standard InChI is InChI=1S/C13H20OS2/c1-3-4-9(2)13(14)12-7-10-8-15-6-5-11(10)16-12/h7,9,13-14H,3-6,8H2,1-2H3. The van der Waals surface area contributed by atoms with E-state index in [1.165, 1.54) is 27.5 Å². The van der Waals surface area contributed by atoms with Crippen LogP contribution in [0.25, 0.3) is 0 Å². The summed E-state index contributed by atoms with van der Waals surface area (Å²) < 4.78 is 0. The van der Waals surface area contributed by atoms with E-state index in [0.717, 1.165) is 18.6 Å². The minimum Gasteiger partial charge on any atom is -0.387 e. The molecule has 1 N–H and O–H groups in total. The van der Waals surface area contributed by atoms with Crippen LogP contribution in [0.2, 0.25) is 0 Å². The Bertz CT molecular complexity index is 322. The van der Waals surface area contributed by atoms with Crippen molar-refractivity contribution in [1.29, 1.82) is 0 Å². The topological polar surface area (TPSA) is 20.2 Å². The van der Waals surface area contributed by atoms with Crippen molar-refractivity contribution in [1.82, 2.24) is 0 Å². The molecular formula is C13H20OS2. The van der Waals surface area contributed by atoms with Gasteiger partial charge in [-0.15, -0.1) is 11.3 Å². The molecule has 0 aromatic carbocycles. The molecule has 2 atom stereocenters. The lowest BCUT2D eigenvalue weighted by molar-refractivity contribution is 0.116. The van der Waals surface area contributed by atoms with Crippen molar-refractivity contribution < 1.29 is 5.11 Å². The summed E-state index contributed by atoms with van der Waals surface area (Å²) >= 11 is 3.84. The highest BCUT2D eigenvalue weighted by molar-refractivity contribution is 7.98. The Morgan fingerprint density at radius 2 is 2.31 bits per heavy atom. The summed E-state index contributed by atoms with van der Waals surface area (Å²) in [5.41, 5.74) is 1.47. The highest BCUT2D eigenvalue weighted by Gasteiger charge is 2.21. The van der Waals surface area contributed by atoms with Crippen LogP contribution in [0.5, 0.6) is 0 Å². The van der Waals surface area contributed by atoms with Crippen molar-refractivity contribution >= 4 is 23.1 Å². The third-order valence-electron chi connectivity index (χ3n) is 3.22. The molecule has 0 fully saturated rings. The van der Waals surface area contributed by atoms with E-state index < -0.39 is 0 Å². The number of thiophene rings is 1. The van der Waals surface area contributed by atoms with E-state index >= 15 is 0 Å². The van der Waals surface area contributed by atoms with Gasteiger partial charge in [0.25, 0.3) is 0 Å². The molecule has 0 saturated carbocycles. The zero-order chi connectivity index (χ0) is 11.5. The molecule has 2 unspecified atom stereocenters. The summed E-state index contributed by atoms with van der Waals surface area (Å²) in [5.74, 6) is 2.77. The average molecular weight is 256 g/mol. The lowest BCUT2D eigenvalue weighted by atomic mass is 9.98. The molecule has 1 aliphatic heterocycles. The Labute approximate surface area is 106 Å². The number of rotatable bonds is 4. The van der Waals surface area contributed by atoms with E-state index in [4.69, 9.17) is 0 Å². The SMILES string of the molecule is CCCC(C)C(O)c1cc2c(s1)CCSC2. The molecule has 0 aliphatic carbocycles. The first-order valence-electron chi connectivity index (χ1n) is 6.09. The number of aliphatic hydroxyl groups is 1. The molecule has 1 aliphatic rings. The van der Waals surface area contributed by atoms with Crippen LogP contribution in [0.1, 0.15) is 48.1 Å². The van der Waals surface area contributed by atoms with E-state index in [9.17, 15) is 5.11 Å². The lowest BCUT2D eigenvalue weighted by Crippen LogP contribution is -2.07. The highest BCUT2D eigenvalue weighted by atomic mass is 32.2. The van der Waals surface area contributed by atoms with Gasteiger partial charge in [0, 0.05) is 15.5 Å². The molecule has 0 saturated heterocycles. The largest absolute Gasteiger partial charge is 0.387 e. The molecule has 2 heterocycles. The molecule has 2 rings (SSSR count). The second-order valence-corrected chi connectivity index (χ2v) is 6.88. The average Bonchev–Trinajstić information content (AvgIpc) is 2.71. The van der Waals surface area contributed by atoms with Crippen LogP contribution in [0, 0.1) is 5.92 Å². The van der Waals surface area contributed by atoms with Gasteiger partial charge in [-0.1, -0.05) is 20.3 Å². The monoisotopic (exact) mass is 256 g/mol. The maximum absolute atomic E-state index is 10.3. The van der Waals surface area contributed by atoms with Crippen LogP contribution in [0.15, 0.2) is 6.07 Å². The summed E-state index contributed by atoms with van der Waals surface area (Å²) in [7, 11) is 0. The fraction of sp³-hybridized carbons (Fsp3) is 0.692. The number of hydrogen-bond acceptors (Lipinski definition) is 3. The van der Waals surface area contributed by atoms with Gasteiger partial charge < -0.3 is 5.11 Å². The highest BCUT2D eigenvalue weighted by Crippen LogP contribution is 2.37. The van der Waals surface area contributed by atoms with Crippen LogP contribution in [-0.4, -0.2) is 10.9 Å². The minimum absolute atomic E-state index is 0.249. The van der Waals surface area contributed by atoms with Gasteiger partial charge in [0.15, 0.2) is 0 Å². The summed E-state index contributed by atoms with van der Waals surface area (Å²) in [5, 5.41) is 10.3. The smallest absolute Gasteiger partial charge is 0.0907 e. The zero-order valence-electron chi connectivity index (χ0n) is 10.0. The van der Waals surface area contributed by atoms with E-state index in [2.05, 4.69) is 19.9 Å². The fourth-order valence-electron chi connectivity index (χ4n) is 2.21. The normalized spacial score (nSPS) is 19.2. The van der Waals surface area contributed by atoms with Crippen molar-refractivity contribution in [2.45, 2.75) is 45.0 Å². The van der Waals surface area contributed by atoms with E-state index in [1.54, 1.807) is 0 Å². The van der Waals surface area contributed by atoms with Gasteiger partial charge in [-0.25, -0.2) is 0 Å². The molecule has 1 aromatic rings. The lowest BCUT2D eigenvalue weighted by Gasteiger charge is -2.16. The maximum atomic E-state index is 10.3. The molecule has 0 amide bonds. The molecular weight excluding hydrogens is 236 g/mol. The number of fused-ring (bicyclic) bond motifs is 1. The minimum atomic E-state index is -0.249. The number of thioether (sulfide) groups is 1. The van der Waals surface area contributed by atoms with Gasteiger partial charge in [0.1, 0.15) is 0 Å². The maximum Gasteiger partial charge on any atom is 0.0907 e. The van der Waals surface area contributed by atoms with E-state index in [0.29, 0.717) is 5.92 Å². The fourth-order valence-corrected chi connectivity index (χ4v) is 4.71.